The molecule has 0 amide bonds. The summed E-state index contributed by atoms with van der Waals surface area (Å²) in [6.07, 6.45) is 5.81. The number of aliphatic hydroxyl groups is 1. The van der Waals surface area contributed by atoms with E-state index in [1.807, 2.05) is 28.8 Å². The highest BCUT2D eigenvalue weighted by atomic mass is 35.5. The third-order valence-corrected chi connectivity index (χ3v) is 4.80. The summed E-state index contributed by atoms with van der Waals surface area (Å²) in [6.45, 7) is 2.22. The highest BCUT2D eigenvalue weighted by Gasteiger charge is 2.46. The minimum Gasteiger partial charge on any atom is -0.394 e. The summed E-state index contributed by atoms with van der Waals surface area (Å²) >= 11 is 5.99. The third-order valence-electron chi connectivity index (χ3n) is 4.55. The highest BCUT2D eigenvalue weighted by Crippen LogP contribution is 2.47. The van der Waals surface area contributed by atoms with Crippen LogP contribution in [-0.2, 0) is 5.54 Å². The first-order valence-electron chi connectivity index (χ1n) is 6.90. The molecule has 1 saturated carbocycles. The van der Waals surface area contributed by atoms with Crippen LogP contribution in [0.5, 0.6) is 0 Å². The molecule has 4 nitrogen and oxygen atoms in total. The fourth-order valence-corrected chi connectivity index (χ4v) is 3.22. The van der Waals surface area contributed by atoms with Crippen molar-refractivity contribution in [1.29, 1.82) is 0 Å². The van der Waals surface area contributed by atoms with Gasteiger partial charge in [0.05, 0.1) is 12.1 Å². The van der Waals surface area contributed by atoms with Crippen molar-refractivity contribution in [2.75, 3.05) is 6.61 Å². The summed E-state index contributed by atoms with van der Waals surface area (Å²) in [5.41, 5.74) is 0.526. The molecule has 20 heavy (non-hydrogen) atoms. The van der Waals surface area contributed by atoms with E-state index in [9.17, 15) is 5.11 Å². The van der Waals surface area contributed by atoms with E-state index in [2.05, 4.69) is 17.1 Å². The molecule has 2 atom stereocenters. The van der Waals surface area contributed by atoms with Crippen molar-refractivity contribution in [3.63, 3.8) is 0 Å². The molecule has 1 N–H and O–H groups in total. The van der Waals surface area contributed by atoms with E-state index in [0.717, 1.165) is 5.56 Å². The molecular weight excluding hydrogens is 274 g/mol. The molecule has 0 bridgehead atoms. The standard InChI is InChI=1S/C15H18ClN3O/c1-11(12-2-3-12)15(8-20,19-9-17-18-10-19)13-4-6-14(16)7-5-13/h4-7,9-12,20H,2-3,8H2,1H3/t11-,15-/m1/s1. The molecule has 0 unspecified atom stereocenters. The molecule has 0 spiro atoms. The van der Waals surface area contributed by atoms with Crippen LogP contribution in [0.3, 0.4) is 0 Å². The summed E-state index contributed by atoms with van der Waals surface area (Å²) in [6, 6.07) is 7.70. The Labute approximate surface area is 123 Å². The predicted molar refractivity (Wildman–Crippen MR) is 77.5 cm³/mol. The van der Waals surface area contributed by atoms with Gasteiger partial charge in [0.15, 0.2) is 0 Å². The van der Waals surface area contributed by atoms with Gasteiger partial charge in [0.2, 0.25) is 0 Å². The van der Waals surface area contributed by atoms with Crippen LogP contribution >= 0.6 is 11.6 Å². The second-order valence-electron chi connectivity index (χ2n) is 5.58. The number of halogens is 1. The molecule has 3 rings (SSSR count). The molecule has 5 heteroatoms. The Bertz CT molecular complexity index is 565. The summed E-state index contributed by atoms with van der Waals surface area (Å²) < 4.78 is 1.93. The molecular formula is C15H18ClN3O. The van der Waals surface area contributed by atoms with Gasteiger partial charge in [-0.05, 0) is 42.4 Å². The van der Waals surface area contributed by atoms with E-state index >= 15 is 0 Å². The van der Waals surface area contributed by atoms with Crippen LogP contribution in [0.1, 0.15) is 25.3 Å². The van der Waals surface area contributed by atoms with Crippen molar-refractivity contribution >= 4 is 11.6 Å². The van der Waals surface area contributed by atoms with Crippen LogP contribution in [0.25, 0.3) is 0 Å². The van der Waals surface area contributed by atoms with Gasteiger partial charge < -0.3 is 9.67 Å². The zero-order chi connectivity index (χ0) is 14.2. The Balaban J connectivity index is 2.12. The summed E-state index contributed by atoms with van der Waals surface area (Å²) in [7, 11) is 0. The fourth-order valence-electron chi connectivity index (χ4n) is 3.10. The third kappa shape index (κ3) is 2.13. The Kier molecular flexibility index (Phi) is 3.52. The van der Waals surface area contributed by atoms with Crippen LogP contribution in [0.15, 0.2) is 36.9 Å². The Hall–Kier alpha value is -1.39. The maximum Gasteiger partial charge on any atom is 0.120 e. The molecule has 1 aromatic carbocycles. The van der Waals surface area contributed by atoms with Crippen molar-refractivity contribution in [2.24, 2.45) is 11.8 Å². The lowest BCUT2D eigenvalue weighted by Gasteiger charge is -2.39. The Morgan fingerprint density at radius 1 is 1.30 bits per heavy atom. The van der Waals surface area contributed by atoms with Gasteiger partial charge in [-0.25, -0.2) is 0 Å². The predicted octanol–water partition coefficient (Wildman–Crippen LogP) is 2.71. The largest absolute Gasteiger partial charge is 0.394 e. The quantitative estimate of drug-likeness (QED) is 0.921. The summed E-state index contributed by atoms with van der Waals surface area (Å²) in [5.74, 6) is 0.949. The first-order chi connectivity index (χ1) is 9.68. The van der Waals surface area contributed by atoms with E-state index in [0.29, 0.717) is 16.9 Å². The molecule has 1 aliphatic carbocycles. The molecule has 0 saturated heterocycles. The van der Waals surface area contributed by atoms with Gasteiger partial charge in [-0.3, -0.25) is 0 Å². The lowest BCUT2D eigenvalue weighted by Crippen LogP contribution is -2.45. The van der Waals surface area contributed by atoms with Gasteiger partial charge in [-0.1, -0.05) is 30.7 Å². The van der Waals surface area contributed by atoms with E-state index in [4.69, 9.17) is 11.6 Å². The lowest BCUT2D eigenvalue weighted by atomic mass is 9.76. The number of aromatic nitrogens is 3. The van der Waals surface area contributed by atoms with E-state index < -0.39 is 5.54 Å². The van der Waals surface area contributed by atoms with E-state index in [-0.39, 0.29) is 6.61 Å². The summed E-state index contributed by atoms with van der Waals surface area (Å²) in [4.78, 5) is 0. The maximum atomic E-state index is 10.2. The number of aliphatic hydroxyl groups excluding tert-OH is 1. The average molecular weight is 292 g/mol. The molecule has 0 aliphatic heterocycles. The fraction of sp³-hybridized carbons (Fsp3) is 0.467. The van der Waals surface area contributed by atoms with Crippen LogP contribution < -0.4 is 0 Å². The monoisotopic (exact) mass is 291 g/mol. The molecule has 0 radical (unpaired) electrons. The SMILES string of the molecule is C[C@H](C1CC1)[C@](CO)(c1ccc(Cl)cc1)n1cnnc1. The van der Waals surface area contributed by atoms with Gasteiger partial charge in [0, 0.05) is 5.02 Å². The normalized spacial score (nSPS) is 19.6. The molecule has 1 aromatic heterocycles. The number of nitrogens with zero attached hydrogens (tertiary/aromatic N) is 3. The number of benzene rings is 1. The van der Waals surface area contributed by atoms with Gasteiger partial charge in [0.25, 0.3) is 0 Å². The van der Waals surface area contributed by atoms with E-state index in [1.54, 1.807) is 12.7 Å². The van der Waals surface area contributed by atoms with Crippen molar-refractivity contribution in [3.8, 4) is 0 Å². The molecule has 1 heterocycles. The second kappa shape index (κ2) is 5.19. The van der Waals surface area contributed by atoms with Crippen molar-refractivity contribution in [2.45, 2.75) is 25.3 Å². The van der Waals surface area contributed by atoms with Gasteiger partial charge >= 0.3 is 0 Å². The molecule has 2 aromatic rings. The number of hydrogen-bond donors (Lipinski definition) is 1. The minimum absolute atomic E-state index is 0.0182. The maximum absolute atomic E-state index is 10.2. The minimum atomic E-state index is -0.519. The van der Waals surface area contributed by atoms with Crippen LogP contribution in [0, 0.1) is 11.8 Å². The summed E-state index contributed by atoms with van der Waals surface area (Å²) in [5, 5.41) is 18.7. The van der Waals surface area contributed by atoms with Gasteiger partial charge in [0.1, 0.15) is 12.7 Å². The first-order valence-corrected chi connectivity index (χ1v) is 7.28. The smallest absolute Gasteiger partial charge is 0.120 e. The van der Waals surface area contributed by atoms with Crippen molar-refractivity contribution < 1.29 is 5.11 Å². The van der Waals surface area contributed by atoms with Crippen molar-refractivity contribution in [1.82, 2.24) is 14.8 Å². The molecule has 1 fully saturated rings. The zero-order valence-corrected chi connectivity index (χ0v) is 12.2. The van der Waals surface area contributed by atoms with Crippen LogP contribution in [0.4, 0.5) is 0 Å². The van der Waals surface area contributed by atoms with Gasteiger partial charge in [-0.2, -0.15) is 0 Å². The lowest BCUT2D eigenvalue weighted by molar-refractivity contribution is 0.103. The second-order valence-corrected chi connectivity index (χ2v) is 6.02. The van der Waals surface area contributed by atoms with Crippen LogP contribution in [0.2, 0.25) is 5.02 Å². The topological polar surface area (TPSA) is 50.9 Å². The Morgan fingerprint density at radius 3 is 2.40 bits per heavy atom. The molecule has 106 valence electrons. The first kappa shape index (κ1) is 13.6. The zero-order valence-electron chi connectivity index (χ0n) is 11.4. The molecule has 1 aliphatic rings. The van der Waals surface area contributed by atoms with Gasteiger partial charge in [-0.15, -0.1) is 10.2 Å². The number of rotatable bonds is 5. The Morgan fingerprint density at radius 2 is 1.90 bits per heavy atom. The number of hydrogen-bond acceptors (Lipinski definition) is 3. The highest BCUT2D eigenvalue weighted by molar-refractivity contribution is 6.30. The van der Waals surface area contributed by atoms with E-state index in [1.165, 1.54) is 12.8 Å². The average Bonchev–Trinajstić information content (AvgIpc) is 3.18. The van der Waals surface area contributed by atoms with Crippen molar-refractivity contribution in [3.05, 3.63) is 47.5 Å². The van der Waals surface area contributed by atoms with Crippen LogP contribution in [-0.4, -0.2) is 26.5 Å².